The first-order valence-corrected chi connectivity index (χ1v) is 11.9. The maximum atomic E-state index is 10.1. The molecule has 1 saturated heterocycles. The van der Waals surface area contributed by atoms with Crippen LogP contribution in [-0.2, 0) is 4.74 Å². The normalized spacial score (nSPS) is 18.9. The van der Waals surface area contributed by atoms with E-state index in [1.807, 2.05) is 29.1 Å². The van der Waals surface area contributed by atoms with Gasteiger partial charge in [0, 0.05) is 37.0 Å². The first-order valence-electron chi connectivity index (χ1n) is 11.9. The van der Waals surface area contributed by atoms with E-state index in [1.54, 1.807) is 0 Å². The van der Waals surface area contributed by atoms with Gasteiger partial charge in [-0.3, -0.25) is 0 Å². The zero-order chi connectivity index (χ0) is 23.1. The number of benzene rings is 1. The molecule has 174 valence electrons. The van der Waals surface area contributed by atoms with Gasteiger partial charge in [-0.15, -0.1) is 0 Å². The molecule has 34 heavy (non-hydrogen) atoms. The minimum absolute atomic E-state index is 0.414. The summed E-state index contributed by atoms with van der Waals surface area (Å²) in [5.74, 6) is 1.53. The highest BCUT2D eigenvalue weighted by Gasteiger charge is 2.22. The lowest BCUT2D eigenvalue weighted by atomic mass is 9.96. The maximum absolute atomic E-state index is 10.1. The van der Waals surface area contributed by atoms with Crippen molar-refractivity contribution in [2.24, 2.45) is 0 Å². The fourth-order valence-electron chi connectivity index (χ4n) is 4.82. The molecule has 1 aliphatic carbocycles. The number of ether oxygens (including phenoxy) is 1. The third-order valence-corrected chi connectivity index (χ3v) is 6.59. The van der Waals surface area contributed by atoms with E-state index in [-0.39, 0.29) is 0 Å². The Kier molecular flexibility index (Phi) is 5.43. The summed E-state index contributed by atoms with van der Waals surface area (Å²) in [4.78, 5) is 7.21. The van der Waals surface area contributed by atoms with Crippen LogP contribution >= 0.6 is 0 Å². The molecule has 1 fully saturated rings. The minimum atomic E-state index is -0.414. The first kappa shape index (κ1) is 21.1. The number of anilines is 1. The topological polar surface area (TPSA) is 76.5 Å². The molecule has 1 aliphatic heterocycles. The van der Waals surface area contributed by atoms with E-state index in [9.17, 15) is 5.11 Å². The molecule has 7 nitrogen and oxygen atoms in total. The van der Waals surface area contributed by atoms with Gasteiger partial charge in [0.05, 0.1) is 30.7 Å². The van der Waals surface area contributed by atoms with Crippen LogP contribution in [0, 0.1) is 6.92 Å². The predicted molar refractivity (Wildman–Crippen MR) is 132 cm³/mol. The van der Waals surface area contributed by atoms with Gasteiger partial charge in [-0.05, 0) is 50.0 Å². The van der Waals surface area contributed by atoms with Crippen molar-refractivity contribution < 1.29 is 14.3 Å². The van der Waals surface area contributed by atoms with E-state index in [0.717, 1.165) is 77.5 Å². The molecule has 1 aromatic carbocycles. The van der Waals surface area contributed by atoms with Crippen molar-refractivity contribution in [3.05, 3.63) is 66.1 Å². The van der Waals surface area contributed by atoms with Gasteiger partial charge in [-0.2, -0.15) is 5.10 Å². The van der Waals surface area contributed by atoms with E-state index in [2.05, 4.69) is 42.2 Å². The number of allylic oxidation sites excluding steroid dienone is 1. The number of aliphatic hydroxyl groups is 1. The Balaban J connectivity index is 1.45. The number of nitrogens with zero attached hydrogens (tertiary/aromatic N) is 4. The lowest BCUT2D eigenvalue weighted by molar-refractivity contribution is 0.122. The van der Waals surface area contributed by atoms with Crippen LogP contribution in [0.25, 0.3) is 33.7 Å². The van der Waals surface area contributed by atoms with Crippen LogP contribution in [0.4, 0.5) is 5.69 Å². The summed E-state index contributed by atoms with van der Waals surface area (Å²) in [6, 6.07) is 14.4. The molecule has 7 heteroatoms. The van der Waals surface area contributed by atoms with Crippen LogP contribution in [0.2, 0.25) is 0 Å². The number of hydrogen-bond acceptors (Lipinski definition) is 6. The summed E-state index contributed by atoms with van der Waals surface area (Å²) < 4.78 is 13.8. The van der Waals surface area contributed by atoms with Gasteiger partial charge in [0.25, 0.3) is 0 Å². The van der Waals surface area contributed by atoms with Crippen LogP contribution in [-0.4, -0.2) is 52.3 Å². The standard InChI is InChI=1S/C27H28N4O3/c1-18-4-2-5-19(14-18)22-8-9-31(29-22)26-17-24(30-10-12-33-13-11-30)27-23(28-26)16-25(34-27)20-6-3-7-21(32)15-20/h2,4-5,8-9,14-17,21,32H,3,6-7,10-13H2,1H3. The van der Waals surface area contributed by atoms with Crippen molar-refractivity contribution >= 4 is 22.4 Å². The van der Waals surface area contributed by atoms with Crippen molar-refractivity contribution in [2.45, 2.75) is 32.3 Å². The number of fused-ring (bicyclic) bond motifs is 1. The van der Waals surface area contributed by atoms with Crippen molar-refractivity contribution in [1.29, 1.82) is 0 Å². The molecule has 0 bridgehead atoms. The number of aromatic nitrogens is 3. The molecular formula is C27H28N4O3. The molecule has 6 rings (SSSR count). The van der Waals surface area contributed by atoms with E-state index >= 15 is 0 Å². The minimum Gasteiger partial charge on any atom is -0.453 e. The zero-order valence-corrected chi connectivity index (χ0v) is 19.3. The molecule has 3 aromatic heterocycles. The molecule has 4 heterocycles. The summed E-state index contributed by atoms with van der Waals surface area (Å²) in [7, 11) is 0. The zero-order valence-electron chi connectivity index (χ0n) is 19.3. The smallest absolute Gasteiger partial charge is 0.176 e. The van der Waals surface area contributed by atoms with Gasteiger partial charge < -0.3 is 19.2 Å². The van der Waals surface area contributed by atoms with Crippen molar-refractivity contribution in [3.8, 4) is 17.1 Å². The van der Waals surface area contributed by atoms with Crippen LogP contribution in [0.3, 0.4) is 0 Å². The molecule has 1 unspecified atom stereocenters. The van der Waals surface area contributed by atoms with E-state index < -0.39 is 6.10 Å². The Morgan fingerprint density at radius 2 is 1.97 bits per heavy atom. The molecule has 0 saturated carbocycles. The molecule has 2 aliphatic rings. The summed E-state index contributed by atoms with van der Waals surface area (Å²) in [5.41, 5.74) is 6.81. The molecule has 0 spiro atoms. The predicted octanol–water partition coefficient (Wildman–Crippen LogP) is 4.75. The van der Waals surface area contributed by atoms with Crippen LogP contribution in [0.5, 0.6) is 0 Å². The highest BCUT2D eigenvalue weighted by molar-refractivity contribution is 5.90. The number of rotatable bonds is 4. The second-order valence-electron chi connectivity index (χ2n) is 9.09. The van der Waals surface area contributed by atoms with Crippen LogP contribution in [0.1, 0.15) is 30.6 Å². The van der Waals surface area contributed by atoms with Crippen LogP contribution in [0.15, 0.2) is 59.2 Å². The molecule has 1 N–H and O–H groups in total. The molecule has 0 amide bonds. The van der Waals surface area contributed by atoms with Gasteiger partial charge >= 0.3 is 0 Å². The lowest BCUT2D eigenvalue weighted by Gasteiger charge is -2.29. The van der Waals surface area contributed by atoms with Gasteiger partial charge in [-0.25, -0.2) is 9.67 Å². The lowest BCUT2D eigenvalue weighted by Crippen LogP contribution is -2.36. The number of morpholine rings is 1. The second kappa shape index (κ2) is 8.74. The number of aryl methyl sites for hydroxylation is 1. The summed E-state index contributed by atoms with van der Waals surface area (Å²) in [6.07, 6.45) is 6.11. The van der Waals surface area contributed by atoms with Gasteiger partial charge in [0.2, 0.25) is 0 Å². The van der Waals surface area contributed by atoms with E-state index in [4.69, 9.17) is 19.2 Å². The Morgan fingerprint density at radius 3 is 2.79 bits per heavy atom. The summed E-state index contributed by atoms with van der Waals surface area (Å²) in [5, 5.41) is 14.9. The average molecular weight is 457 g/mol. The number of hydrogen-bond donors (Lipinski definition) is 1. The van der Waals surface area contributed by atoms with Crippen LogP contribution < -0.4 is 4.90 Å². The number of aliphatic hydroxyl groups excluding tert-OH is 1. The molecule has 4 aromatic rings. The molecule has 1 atom stereocenters. The third kappa shape index (κ3) is 4.02. The maximum Gasteiger partial charge on any atom is 0.176 e. The Hall–Kier alpha value is -3.42. The first-order chi connectivity index (χ1) is 16.6. The Bertz CT molecular complexity index is 1360. The van der Waals surface area contributed by atoms with Crippen molar-refractivity contribution in [1.82, 2.24) is 14.8 Å². The summed E-state index contributed by atoms with van der Waals surface area (Å²) >= 11 is 0. The summed E-state index contributed by atoms with van der Waals surface area (Å²) in [6.45, 7) is 5.04. The van der Waals surface area contributed by atoms with Gasteiger partial charge in [-0.1, -0.05) is 23.8 Å². The van der Waals surface area contributed by atoms with Gasteiger partial charge in [0.1, 0.15) is 11.3 Å². The quantitative estimate of drug-likeness (QED) is 0.477. The monoisotopic (exact) mass is 456 g/mol. The fraction of sp³-hybridized carbons (Fsp3) is 0.333. The Labute approximate surface area is 198 Å². The third-order valence-electron chi connectivity index (χ3n) is 6.59. The number of pyridine rings is 1. The average Bonchev–Trinajstić information content (AvgIpc) is 3.52. The van der Waals surface area contributed by atoms with E-state index in [0.29, 0.717) is 13.2 Å². The SMILES string of the molecule is Cc1cccc(-c2ccn(-c3cc(N4CCOCC4)c4oc(C5=CC(O)CCC5)cc4n3)n2)c1. The fourth-order valence-corrected chi connectivity index (χ4v) is 4.82. The Morgan fingerprint density at radius 1 is 1.09 bits per heavy atom. The van der Waals surface area contributed by atoms with Gasteiger partial charge in [0.15, 0.2) is 11.4 Å². The molecular weight excluding hydrogens is 428 g/mol. The largest absolute Gasteiger partial charge is 0.453 e. The molecule has 0 radical (unpaired) electrons. The highest BCUT2D eigenvalue weighted by Crippen LogP contribution is 2.36. The highest BCUT2D eigenvalue weighted by atomic mass is 16.5. The van der Waals surface area contributed by atoms with Crippen molar-refractivity contribution in [2.75, 3.05) is 31.2 Å². The number of furan rings is 1. The van der Waals surface area contributed by atoms with E-state index in [1.165, 1.54) is 5.56 Å². The second-order valence-corrected chi connectivity index (χ2v) is 9.09. The van der Waals surface area contributed by atoms with Crippen molar-refractivity contribution in [3.63, 3.8) is 0 Å².